The lowest BCUT2D eigenvalue weighted by Gasteiger charge is -2.06. The quantitative estimate of drug-likeness (QED) is 0.636. The van der Waals surface area contributed by atoms with E-state index in [2.05, 4.69) is 22.5 Å². The molecule has 0 radical (unpaired) electrons. The van der Waals surface area contributed by atoms with E-state index in [0.717, 1.165) is 29.7 Å². The Morgan fingerprint density at radius 3 is 2.92 bits per heavy atom. The first kappa shape index (κ1) is 10.5. The number of rotatable bonds is 5. The van der Waals surface area contributed by atoms with E-state index in [1.807, 2.05) is 18.2 Å². The zero-order valence-corrected chi connectivity index (χ0v) is 9.09. The number of hydrogen-bond donors (Lipinski definition) is 1. The summed E-state index contributed by atoms with van der Waals surface area (Å²) in [6, 6.07) is 3.77. The number of unbranched alkanes of at least 4 members (excludes halogenated alkanes) is 1. The van der Waals surface area contributed by atoms with E-state index in [-0.39, 0.29) is 6.04 Å². The molecular formula is C10H14BrNO. The van der Waals surface area contributed by atoms with Crippen LogP contribution >= 0.6 is 15.9 Å². The molecule has 1 unspecified atom stereocenters. The van der Waals surface area contributed by atoms with Crippen LogP contribution in [-0.2, 0) is 0 Å². The van der Waals surface area contributed by atoms with Crippen LogP contribution in [0.1, 0.15) is 31.1 Å². The lowest BCUT2D eigenvalue weighted by molar-refractivity contribution is 0.432. The van der Waals surface area contributed by atoms with Crippen LogP contribution < -0.4 is 5.73 Å². The molecule has 0 aliphatic carbocycles. The van der Waals surface area contributed by atoms with Gasteiger partial charge in [-0.15, -0.1) is 6.58 Å². The van der Waals surface area contributed by atoms with Crippen LogP contribution in [0.25, 0.3) is 0 Å². The fourth-order valence-corrected chi connectivity index (χ4v) is 1.47. The minimum Gasteiger partial charge on any atom is -0.453 e. The molecule has 1 atom stereocenters. The van der Waals surface area contributed by atoms with Crippen molar-refractivity contribution >= 4 is 15.9 Å². The van der Waals surface area contributed by atoms with Crippen LogP contribution in [0.3, 0.4) is 0 Å². The standard InChI is InChI=1S/C10H14BrNO/c1-2-3-4-5-8(12)9-6-7-10(11)13-9/h2,6-8H,1,3-5,12H2. The number of allylic oxidation sites excluding steroid dienone is 1. The second-order valence-electron chi connectivity index (χ2n) is 2.97. The molecular weight excluding hydrogens is 230 g/mol. The van der Waals surface area contributed by atoms with Crippen LogP contribution in [0.5, 0.6) is 0 Å². The van der Waals surface area contributed by atoms with Crippen LogP contribution in [0.15, 0.2) is 33.9 Å². The molecule has 0 saturated carbocycles. The average molecular weight is 244 g/mol. The minimum absolute atomic E-state index is 0.00579. The van der Waals surface area contributed by atoms with Crippen molar-refractivity contribution in [1.29, 1.82) is 0 Å². The van der Waals surface area contributed by atoms with Gasteiger partial charge < -0.3 is 10.2 Å². The highest BCUT2D eigenvalue weighted by molar-refractivity contribution is 9.10. The Labute approximate surface area is 86.9 Å². The maximum atomic E-state index is 5.90. The first-order valence-corrected chi connectivity index (χ1v) is 5.15. The van der Waals surface area contributed by atoms with Crippen molar-refractivity contribution in [3.05, 3.63) is 35.2 Å². The molecule has 0 aliphatic rings. The van der Waals surface area contributed by atoms with Crippen molar-refractivity contribution in [2.75, 3.05) is 0 Å². The molecule has 13 heavy (non-hydrogen) atoms. The van der Waals surface area contributed by atoms with Gasteiger partial charge in [-0.3, -0.25) is 0 Å². The van der Waals surface area contributed by atoms with Gasteiger partial charge in [0.1, 0.15) is 5.76 Å². The molecule has 2 nitrogen and oxygen atoms in total. The summed E-state index contributed by atoms with van der Waals surface area (Å²) in [5.74, 6) is 0.843. The Kier molecular flexibility index (Phi) is 4.25. The fraction of sp³-hybridized carbons (Fsp3) is 0.400. The maximum absolute atomic E-state index is 5.90. The van der Waals surface area contributed by atoms with Gasteiger partial charge in [-0.1, -0.05) is 6.08 Å². The van der Waals surface area contributed by atoms with Gasteiger partial charge >= 0.3 is 0 Å². The van der Waals surface area contributed by atoms with Crippen molar-refractivity contribution in [2.24, 2.45) is 5.73 Å². The third-order valence-electron chi connectivity index (χ3n) is 1.88. The van der Waals surface area contributed by atoms with E-state index >= 15 is 0 Å². The predicted octanol–water partition coefficient (Wildman–Crippen LogP) is 3.40. The molecule has 0 saturated heterocycles. The monoisotopic (exact) mass is 243 g/mol. The van der Waals surface area contributed by atoms with Crippen molar-refractivity contribution in [2.45, 2.75) is 25.3 Å². The summed E-state index contributed by atoms with van der Waals surface area (Å²) in [7, 11) is 0. The van der Waals surface area contributed by atoms with Crippen LogP contribution in [0.4, 0.5) is 0 Å². The molecule has 0 aromatic carbocycles. The lowest BCUT2D eigenvalue weighted by atomic mass is 10.1. The van der Waals surface area contributed by atoms with Gasteiger partial charge in [0, 0.05) is 0 Å². The van der Waals surface area contributed by atoms with Crippen LogP contribution in [0.2, 0.25) is 0 Å². The SMILES string of the molecule is C=CCCCC(N)c1ccc(Br)o1. The van der Waals surface area contributed by atoms with Crippen molar-refractivity contribution < 1.29 is 4.42 Å². The molecule has 0 spiro atoms. The number of halogens is 1. The largest absolute Gasteiger partial charge is 0.453 e. The van der Waals surface area contributed by atoms with Crippen molar-refractivity contribution in [3.8, 4) is 0 Å². The first-order valence-electron chi connectivity index (χ1n) is 4.35. The molecule has 0 amide bonds. The topological polar surface area (TPSA) is 39.2 Å². The molecule has 3 heteroatoms. The minimum atomic E-state index is 0.00579. The van der Waals surface area contributed by atoms with E-state index < -0.39 is 0 Å². The lowest BCUT2D eigenvalue weighted by Crippen LogP contribution is -2.08. The summed E-state index contributed by atoms with van der Waals surface area (Å²) in [4.78, 5) is 0. The number of furan rings is 1. The molecule has 1 aromatic heterocycles. The maximum Gasteiger partial charge on any atom is 0.169 e. The zero-order valence-electron chi connectivity index (χ0n) is 7.50. The summed E-state index contributed by atoms with van der Waals surface area (Å²) in [6.07, 6.45) is 4.91. The summed E-state index contributed by atoms with van der Waals surface area (Å²) in [5, 5.41) is 0. The van der Waals surface area contributed by atoms with Gasteiger partial charge in [-0.05, 0) is 47.3 Å². The number of nitrogens with two attached hydrogens (primary N) is 1. The first-order chi connectivity index (χ1) is 6.24. The van der Waals surface area contributed by atoms with Crippen molar-refractivity contribution in [1.82, 2.24) is 0 Å². The predicted molar refractivity (Wildman–Crippen MR) is 57.4 cm³/mol. The van der Waals surface area contributed by atoms with E-state index in [1.54, 1.807) is 0 Å². The third-order valence-corrected chi connectivity index (χ3v) is 2.31. The van der Waals surface area contributed by atoms with Gasteiger partial charge in [-0.2, -0.15) is 0 Å². The highest BCUT2D eigenvalue weighted by Gasteiger charge is 2.08. The molecule has 0 fully saturated rings. The summed E-state index contributed by atoms with van der Waals surface area (Å²) < 4.78 is 6.08. The normalized spacial score (nSPS) is 12.8. The molecule has 1 aromatic rings. The van der Waals surface area contributed by atoms with Crippen LogP contribution in [-0.4, -0.2) is 0 Å². The van der Waals surface area contributed by atoms with Crippen molar-refractivity contribution in [3.63, 3.8) is 0 Å². The Balaban J connectivity index is 2.39. The Morgan fingerprint density at radius 1 is 1.62 bits per heavy atom. The second-order valence-corrected chi connectivity index (χ2v) is 3.75. The van der Waals surface area contributed by atoms with Gasteiger partial charge in [-0.25, -0.2) is 0 Å². The van der Waals surface area contributed by atoms with Gasteiger partial charge in [0.05, 0.1) is 6.04 Å². The Morgan fingerprint density at radius 2 is 2.38 bits per heavy atom. The molecule has 2 N–H and O–H groups in total. The summed E-state index contributed by atoms with van der Waals surface area (Å²) >= 11 is 3.24. The highest BCUT2D eigenvalue weighted by atomic mass is 79.9. The van der Waals surface area contributed by atoms with Crippen LogP contribution in [0, 0.1) is 0 Å². The van der Waals surface area contributed by atoms with Gasteiger partial charge in [0.25, 0.3) is 0 Å². The molecule has 0 bridgehead atoms. The van der Waals surface area contributed by atoms with E-state index in [0.29, 0.717) is 0 Å². The Bertz CT molecular complexity index is 270. The smallest absolute Gasteiger partial charge is 0.169 e. The number of hydrogen-bond acceptors (Lipinski definition) is 2. The highest BCUT2D eigenvalue weighted by Crippen LogP contribution is 2.22. The molecule has 1 heterocycles. The summed E-state index contributed by atoms with van der Waals surface area (Å²) in [6.45, 7) is 3.66. The van der Waals surface area contributed by atoms with E-state index in [4.69, 9.17) is 10.2 Å². The third kappa shape index (κ3) is 3.36. The average Bonchev–Trinajstić information content (AvgIpc) is 2.52. The van der Waals surface area contributed by atoms with Gasteiger partial charge in [0.15, 0.2) is 4.67 Å². The van der Waals surface area contributed by atoms with E-state index in [9.17, 15) is 0 Å². The summed E-state index contributed by atoms with van der Waals surface area (Å²) in [5.41, 5.74) is 5.90. The Hall–Kier alpha value is -0.540. The molecule has 1 rings (SSSR count). The van der Waals surface area contributed by atoms with Gasteiger partial charge in [0.2, 0.25) is 0 Å². The zero-order chi connectivity index (χ0) is 9.68. The fourth-order valence-electron chi connectivity index (χ4n) is 1.15. The second kappa shape index (κ2) is 5.25. The molecule has 0 aliphatic heterocycles. The van der Waals surface area contributed by atoms with E-state index in [1.165, 1.54) is 0 Å². The molecule has 72 valence electrons.